The summed E-state index contributed by atoms with van der Waals surface area (Å²) >= 11 is 3.38. The number of aromatic nitrogens is 2. The molecule has 0 amide bonds. The second kappa shape index (κ2) is 6.70. The molecule has 0 aliphatic carbocycles. The Balaban J connectivity index is 2.02. The second-order valence-corrected chi connectivity index (χ2v) is 5.28. The number of hydrogen-bond donors (Lipinski definition) is 0. The third-order valence-corrected chi connectivity index (χ3v) is 3.74. The molecule has 0 saturated heterocycles. The van der Waals surface area contributed by atoms with Crippen molar-refractivity contribution in [1.29, 1.82) is 0 Å². The normalized spacial score (nSPS) is 10.6. The van der Waals surface area contributed by atoms with E-state index < -0.39 is 0 Å². The van der Waals surface area contributed by atoms with Gasteiger partial charge in [0, 0.05) is 13.0 Å². The van der Waals surface area contributed by atoms with E-state index in [4.69, 9.17) is 4.74 Å². The smallest absolute Gasteiger partial charge is 0.182 e. The van der Waals surface area contributed by atoms with Crippen LogP contribution in [0.1, 0.15) is 29.4 Å². The highest BCUT2D eigenvalue weighted by Gasteiger charge is 2.16. The summed E-state index contributed by atoms with van der Waals surface area (Å²) in [6.45, 7) is 2.66. The van der Waals surface area contributed by atoms with Gasteiger partial charge in [-0.25, -0.2) is 0 Å². The van der Waals surface area contributed by atoms with Gasteiger partial charge in [-0.2, -0.15) is 5.10 Å². The van der Waals surface area contributed by atoms with Gasteiger partial charge in [0.15, 0.2) is 5.78 Å². The van der Waals surface area contributed by atoms with Crippen molar-refractivity contribution in [3.8, 4) is 5.75 Å². The Morgan fingerprint density at radius 3 is 2.65 bits per heavy atom. The van der Waals surface area contributed by atoms with Crippen LogP contribution in [0.5, 0.6) is 5.75 Å². The number of Topliss-reactive ketones (excluding diaryl/α,β-unsaturated/α-hetero) is 1. The highest BCUT2D eigenvalue weighted by Crippen LogP contribution is 2.19. The molecular formula is C15H17BrN2O2. The summed E-state index contributed by atoms with van der Waals surface area (Å²) in [5, 5.41) is 4.17. The first kappa shape index (κ1) is 14.8. The minimum Gasteiger partial charge on any atom is -0.497 e. The first-order chi connectivity index (χ1) is 9.65. The van der Waals surface area contributed by atoms with Crippen molar-refractivity contribution in [2.45, 2.75) is 26.3 Å². The van der Waals surface area contributed by atoms with Gasteiger partial charge in [-0.3, -0.25) is 9.48 Å². The van der Waals surface area contributed by atoms with Gasteiger partial charge >= 0.3 is 0 Å². The number of benzene rings is 1. The van der Waals surface area contributed by atoms with Crippen molar-refractivity contribution >= 4 is 21.7 Å². The van der Waals surface area contributed by atoms with E-state index in [2.05, 4.69) is 21.0 Å². The number of aryl methyl sites for hydroxylation is 2. The molecule has 0 aliphatic heterocycles. The van der Waals surface area contributed by atoms with Crippen LogP contribution in [0.4, 0.5) is 0 Å². The van der Waals surface area contributed by atoms with Gasteiger partial charge in [-0.05, 0) is 47.0 Å². The number of carbonyl (C=O) groups excluding carboxylic acids is 1. The Morgan fingerprint density at radius 2 is 2.05 bits per heavy atom. The molecule has 0 spiro atoms. The van der Waals surface area contributed by atoms with E-state index in [1.165, 1.54) is 0 Å². The molecule has 0 saturated carbocycles. The van der Waals surface area contributed by atoms with Crippen LogP contribution in [-0.4, -0.2) is 22.7 Å². The molecule has 4 nitrogen and oxygen atoms in total. The van der Waals surface area contributed by atoms with Crippen LogP contribution in [0.15, 0.2) is 34.9 Å². The molecule has 0 bridgehead atoms. The van der Waals surface area contributed by atoms with Gasteiger partial charge in [0.2, 0.25) is 0 Å². The Kier molecular flexibility index (Phi) is 4.95. The summed E-state index contributed by atoms with van der Waals surface area (Å²) in [5.41, 5.74) is 1.78. The molecule has 1 heterocycles. The molecule has 0 unspecified atom stereocenters. The van der Waals surface area contributed by atoms with Crippen LogP contribution in [0, 0.1) is 0 Å². The molecule has 0 N–H and O–H groups in total. The molecule has 1 aromatic carbocycles. The largest absolute Gasteiger partial charge is 0.497 e. The lowest BCUT2D eigenvalue weighted by Gasteiger charge is -2.06. The summed E-state index contributed by atoms with van der Waals surface area (Å²) in [6.07, 6.45) is 2.85. The average molecular weight is 337 g/mol. The topological polar surface area (TPSA) is 44.1 Å². The fourth-order valence-corrected chi connectivity index (χ4v) is 2.57. The number of halogens is 1. The van der Waals surface area contributed by atoms with Gasteiger partial charge in [0.1, 0.15) is 11.4 Å². The number of hydrogen-bond acceptors (Lipinski definition) is 3. The highest BCUT2D eigenvalue weighted by atomic mass is 79.9. The van der Waals surface area contributed by atoms with Crippen LogP contribution < -0.4 is 4.74 Å². The Bertz CT molecular complexity index is 590. The van der Waals surface area contributed by atoms with Gasteiger partial charge in [-0.1, -0.05) is 12.1 Å². The second-order valence-electron chi connectivity index (χ2n) is 4.43. The molecule has 0 atom stereocenters. The lowest BCUT2D eigenvalue weighted by atomic mass is 10.1. The van der Waals surface area contributed by atoms with Gasteiger partial charge in [0.05, 0.1) is 17.8 Å². The molecule has 0 fully saturated rings. The maximum absolute atomic E-state index is 12.3. The van der Waals surface area contributed by atoms with Crippen LogP contribution >= 0.6 is 15.9 Å². The van der Waals surface area contributed by atoms with E-state index in [0.29, 0.717) is 25.1 Å². The standard InChI is InChI=1S/C15H17BrN2O2/c1-3-18-15(13(16)10-17-18)14(19)9-6-11-4-7-12(20-2)8-5-11/h4-5,7-8,10H,3,6,9H2,1-2H3. The minimum atomic E-state index is 0.104. The third-order valence-electron chi connectivity index (χ3n) is 3.16. The van der Waals surface area contributed by atoms with E-state index in [-0.39, 0.29) is 5.78 Å². The molecule has 2 rings (SSSR count). The number of carbonyl (C=O) groups is 1. The number of methoxy groups -OCH3 is 1. The predicted molar refractivity (Wildman–Crippen MR) is 81.2 cm³/mol. The number of nitrogens with zero attached hydrogens (tertiary/aromatic N) is 2. The maximum Gasteiger partial charge on any atom is 0.182 e. The molecular weight excluding hydrogens is 320 g/mol. The first-order valence-corrected chi connectivity index (χ1v) is 7.32. The van der Waals surface area contributed by atoms with Crippen molar-refractivity contribution in [3.05, 3.63) is 46.2 Å². The molecule has 106 valence electrons. The van der Waals surface area contributed by atoms with Crippen molar-refractivity contribution < 1.29 is 9.53 Å². The monoisotopic (exact) mass is 336 g/mol. The van der Waals surface area contributed by atoms with Crippen molar-refractivity contribution in [3.63, 3.8) is 0 Å². The maximum atomic E-state index is 12.3. The fraction of sp³-hybridized carbons (Fsp3) is 0.333. The summed E-state index contributed by atoms with van der Waals surface area (Å²) in [5.74, 6) is 0.930. The van der Waals surface area contributed by atoms with E-state index in [0.717, 1.165) is 15.8 Å². The lowest BCUT2D eigenvalue weighted by molar-refractivity contribution is 0.0971. The fourth-order valence-electron chi connectivity index (χ4n) is 2.05. The predicted octanol–water partition coefficient (Wildman–Crippen LogP) is 3.49. The summed E-state index contributed by atoms with van der Waals surface area (Å²) in [6, 6.07) is 7.79. The Morgan fingerprint density at radius 1 is 1.35 bits per heavy atom. The number of rotatable bonds is 6. The zero-order valence-electron chi connectivity index (χ0n) is 11.6. The highest BCUT2D eigenvalue weighted by molar-refractivity contribution is 9.10. The van der Waals surface area contributed by atoms with Crippen molar-refractivity contribution in [2.24, 2.45) is 0 Å². The van der Waals surface area contributed by atoms with Crippen LogP contribution in [-0.2, 0) is 13.0 Å². The molecule has 0 radical (unpaired) electrons. The van der Waals surface area contributed by atoms with Gasteiger partial charge < -0.3 is 4.74 Å². The van der Waals surface area contributed by atoms with E-state index >= 15 is 0 Å². The Hall–Kier alpha value is -1.62. The van der Waals surface area contributed by atoms with E-state index in [1.54, 1.807) is 18.0 Å². The Labute approximate surface area is 126 Å². The molecule has 0 aliphatic rings. The van der Waals surface area contributed by atoms with E-state index in [9.17, 15) is 4.79 Å². The zero-order valence-corrected chi connectivity index (χ0v) is 13.2. The SMILES string of the molecule is CCn1ncc(Br)c1C(=O)CCc1ccc(OC)cc1. The van der Waals surface area contributed by atoms with Crippen LogP contribution in [0.2, 0.25) is 0 Å². The summed E-state index contributed by atoms with van der Waals surface area (Å²) in [7, 11) is 1.64. The summed E-state index contributed by atoms with van der Waals surface area (Å²) < 4.78 is 7.60. The minimum absolute atomic E-state index is 0.104. The number of ether oxygens (including phenoxy) is 1. The third kappa shape index (κ3) is 3.28. The van der Waals surface area contributed by atoms with E-state index in [1.807, 2.05) is 31.2 Å². The van der Waals surface area contributed by atoms with Gasteiger partial charge in [0.25, 0.3) is 0 Å². The average Bonchev–Trinajstić information content (AvgIpc) is 2.86. The molecule has 2 aromatic rings. The molecule has 1 aromatic heterocycles. The molecule has 20 heavy (non-hydrogen) atoms. The van der Waals surface area contributed by atoms with Crippen molar-refractivity contribution in [1.82, 2.24) is 9.78 Å². The number of ketones is 1. The van der Waals surface area contributed by atoms with Crippen molar-refractivity contribution in [2.75, 3.05) is 7.11 Å². The van der Waals surface area contributed by atoms with Crippen LogP contribution in [0.3, 0.4) is 0 Å². The zero-order chi connectivity index (χ0) is 14.5. The first-order valence-electron chi connectivity index (χ1n) is 6.53. The lowest BCUT2D eigenvalue weighted by Crippen LogP contribution is -2.10. The van der Waals surface area contributed by atoms with Gasteiger partial charge in [-0.15, -0.1) is 0 Å². The summed E-state index contributed by atoms with van der Waals surface area (Å²) in [4.78, 5) is 12.3. The molecule has 5 heteroatoms. The quantitative estimate of drug-likeness (QED) is 0.758. The van der Waals surface area contributed by atoms with Crippen LogP contribution in [0.25, 0.3) is 0 Å².